The predicted octanol–water partition coefficient (Wildman–Crippen LogP) is 5.01. The Balaban J connectivity index is 2.24. The van der Waals surface area contributed by atoms with E-state index in [-0.39, 0.29) is 0 Å². The Morgan fingerprint density at radius 2 is 1.60 bits per heavy atom. The van der Waals surface area contributed by atoms with Crippen molar-refractivity contribution in [3.8, 4) is 22.4 Å². The van der Waals surface area contributed by atoms with Crippen molar-refractivity contribution < 1.29 is 8.68 Å². The Morgan fingerprint density at radius 3 is 2.20 bits per heavy atom. The number of pyridine rings is 1. The fourth-order valence-corrected chi connectivity index (χ4v) is 5.61. The van der Waals surface area contributed by atoms with Gasteiger partial charge in [0.1, 0.15) is 0 Å². The van der Waals surface area contributed by atoms with Crippen LogP contribution in [0.5, 0.6) is 0 Å². The van der Waals surface area contributed by atoms with Crippen molar-refractivity contribution in [2.45, 2.75) is 31.0 Å². The van der Waals surface area contributed by atoms with Crippen molar-refractivity contribution in [3.05, 3.63) is 71.9 Å². The zero-order chi connectivity index (χ0) is 20.7. The van der Waals surface area contributed by atoms with Gasteiger partial charge in [0.2, 0.25) is 0 Å². The van der Waals surface area contributed by atoms with Gasteiger partial charge in [-0.25, -0.2) is 0 Å². The molecule has 0 aliphatic rings. The van der Waals surface area contributed by atoms with Crippen molar-refractivity contribution in [2.24, 2.45) is 7.05 Å². The molecule has 0 saturated carbocycles. The molecule has 3 rings (SSSR count). The fraction of sp³-hybridized carbons (Fsp3) is 0.261. The van der Waals surface area contributed by atoms with E-state index in [0.29, 0.717) is 5.56 Å². The molecular weight excluding hydrogens is 363 g/mol. The molecule has 0 aliphatic heterocycles. The summed E-state index contributed by atoms with van der Waals surface area (Å²) in [6.45, 7) is -0.158. The minimum atomic E-state index is -2.15. The van der Waals surface area contributed by atoms with Crippen LogP contribution in [0.25, 0.3) is 22.4 Å². The topological polar surface area (TPSA) is 3.88 Å². The van der Waals surface area contributed by atoms with Crippen molar-refractivity contribution in [1.82, 2.24) is 0 Å². The third-order valence-corrected chi connectivity index (χ3v) is 8.98. The van der Waals surface area contributed by atoms with E-state index in [4.69, 9.17) is 4.11 Å². The molecule has 128 valence electrons. The number of hydrogen-bond donors (Lipinski definition) is 0. The van der Waals surface area contributed by atoms with E-state index in [2.05, 4.69) is 47.2 Å². The summed E-state index contributed by atoms with van der Waals surface area (Å²) < 4.78 is 27.7. The second-order valence-corrected chi connectivity index (χ2v) is 18.4. The van der Waals surface area contributed by atoms with Crippen LogP contribution in [-0.2, 0) is 7.05 Å². The van der Waals surface area contributed by atoms with Gasteiger partial charge in [0.15, 0.2) is 0 Å². The molecule has 0 bridgehead atoms. The number of aryl methyl sites for hydroxylation is 3. The molecule has 0 spiro atoms. The molecule has 0 saturated heterocycles. The summed E-state index contributed by atoms with van der Waals surface area (Å²) in [6.07, 6.45) is 2.24. The first-order valence-electron chi connectivity index (χ1n) is 10.2. The summed E-state index contributed by atoms with van der Waals surface area (Å²) in [6, 6.07) is 18.1. The standard InChI is InChI=1S/C23H28GeN/c1-17-14-18(2)22(15-21(17)19-10-8-7-9-11-19)23-13-12-20(16-25(23)6)24(3,4)5/h7-16H,1-6H3/q+1/i1D3. The number of nitrogens with zero attached hydrogens (tertiary/aromatic N) is 1. The molecule has 0 N–H and O–H groups in total. The average Bonchev–Trinajstić information content (AvgIpc) is 2.61. The maximum atomic E-state index is 8.01. The van der Waals surface area contributed by atoms with E-state index in [1.807, 2.05) is 49.4 Å². The van der Waals surface area contributed by atoms with Gasteiger partial charge in [-0.2, -0.15) is 0 Å². The number of rotatable bonds is 3. The van der Waals surface area contributed by atoms with Crippen LogP contribution in [0.1, 0.15) is 15.2 Å². The summed E-state index contributed by atoms with van der Waals surface area (Å²) in [4.78, 5) is 0. The SMILES string of the molecule is [2H]C([2H])([2H])c1cc(C)c(-c2cc[c]([Ge]([CH3])([CH3])[CH3])c[n+]2C)cc1-c1ccccc1. The molecule has 1 nitrogen and oxygen atoms in total. The number of benzene rings is 2. The monoisotopic (exact) mass is 395 g/mol. The van der Waals surface area contributed by atoms with Gasteiger partial charge in [-0.15, -0.1) is 0 Å². The van der Waals surface area contributed by atoms with Crippen LogP contribution in [0, 0.1) is 13.8 Å². The van der Waals surface area contributed by atoms with Crippen molar-refractivity contribution in [2.75, 3.05) is 0 Å². The molecule has 25 heavy (non-hydrogen) atoms. The summed E-state index contributed by atoms with van der Waals surface area (Å²) in [7, 11) is 2.08. The Bertz CT molecular complexity index is 1000. The second kappa shape index (κ2) is 6.80. The molecule has 0 fully saturated rings. The zero-order valence-corrected chi connectivity index (χ0v) is 17.8. The van der Waals surface area contributed by atoms with Crippen LogP contribution < -0.4 is 8.96 Å². The van der Waals surface area contributed by atoms with Gasteiger partial charge in [0, 0.05) is 0 Å². The van der Waals surface area contributed by atoms with Gasteiger partial charge in [-0.1, -0.05) is 0 Å². The maximum absolute atomic E-state index is 8.01. The van der Waals surface area contributed by atoms with E-state index < -0.39 is 20.1 Å². The summed E-state index contributed by atoms with van der Waals surface area (Å²) in [5.74, 6) is 7.16. The Labute approximate surface area is 158 Å². The van der Waals surface area contributed by atoms with Crippen molar-refractivity contribution in [1.29, 1.82) is 0 Å². The molecule has 0 aliphatic carbocycles. The normalized spacial score (nSPS) is 13.9. The molecule has 2 heteroatoms. The van der Waals surface area contributed by atoms with Crippen LogP contribution in [0.15, 0.2) is 60.8 Å². The third kappa shape index (κ3) is 3.72. The average molecular weight is 394 g/mol. The van der Waals surface area contributed by atoms with Crippen molar-refractivity contribution in [3.63, 3.8) is 0 Å². The molecule has 0 amide bonds. The van der Waals surface area contributed by atoms with Gasteiger partial charge in [-0.05, 0) is 0 Å². The number of hydrogen-bond acceptors (Lipinski definition) is 0. The zero-order valence-electron chi connectivity index (χ0n) is 18.7. The van der Waals surface area contributed by atoms with Crippen LogP contribution in [0.3, 0.4) is 0 Å². The predicted molar refractivity (Wildman–Crippen MR) is 111 cm³/mol. The summed E-state index contributed by atoms with van der Waals surface area (Å²) >= 11 is -1.91. The van der Waals surface area contributed by atoms with Crippen LogP contribution in [0.2, 0.25) is 17.3 Å². The Hall–Kier alpha value is -1.87. The summed E-state index contributed by atoms with van der Waals surface area (Å²) in [5.41, 5.74) is 5.26. The van der Waals surface area contributed by atoms with E-state index in [1.54, 1.807) is 0 Å². The first kappa shape index (κ1) is 14.3. The molecule has 2 aromatic carbocycles. The first-order chi connectivity index (χ1) is 13.0. The van der Waals surface area contributed by atoms with Gasteiger partial charge in [-0.3, -0.25) is 0 Å². The first-order valence-corrected chi connectivity index (χ1v) is 16.0. The third-order valence-electron chi connectivity index (χ3n) is 4.72. The van der Waals surface area contributed by atoms with Gasteiger partial charge < -0.3 is 0 Å². The quantitative estimate of drug-likeness (QED) is 0.435. The molecule has 1 heterocycles. The Morgan fingerprint density at radius 1 is 0.880 bits per heavy atom. The van der Waals surface area contributed by atoms with E-state index in [0.717, 1.165) is 27.9 Å². The van der Waals surface area contributed by atoms with Gasteiger partial charge in [0.25, 0.3) is 0 Å². The molecule has 3 aromatic rings. The second-order valence-electron chi connectivity index (χ2n) is 7.74. The van der Waals surface area contributed by atoms with Gasteiger partial charge in [0.05, 0.1) is 0 Å². The Kier molecular flexibility index (Phi) is 3.89. The van der Waals surface area contributed by atoms with E-state index in [9.17, 15) is 0 Å². The van der Waals surface area contributed by atoms with Crippen LogP contribution in [-0.4, -0.2) is 13.3 Å². The molecule has 0 unspecified atom stereocenters. The summed E-state index contributed by atoms with van der Waals surface area (Å²) in [5, 5.41) is 0. The van der Waals surface area contributed by atoms with E-state index in [1.165, 1.54) is 4.40 Å². The fourth-order valence-electron chi connectivity index (χ4n) is 3.17. The van der Waals surface area contributed by atoms with Gasteiger partial charge >= 0.3 is 159 Å². The number of aromatic nitrogens is 1. The van der Waals surface area contributed by atoms with Crippen LogP contribution in [0.4, 0.5) is 0 Å². The molecule has 1 aromatic heterocycles. The van der Waals surface area contributed by atoms with E-state index >= 15 is 0 Å². The molecular formula is C23H28GeN+. The minimum absolute atomic E-state index is 0.406. The molecule has 0 radical (unpaired) electrons. The van der Waals surface area contributed by atoms with Crippen LogP contribution >= 0.6 is 0 Å². The van der Waals surface area contributed by atoms with Crippen molar-refractivity contribution >= 4 is 17.7 Å². The molecule has 0 atom stereocenters.